The van der Waals surface area contributed by atoms with Gasteiger partial charge in [-0.1, -0.05) is 42.8 Å². The summed E-state index contributed by atoms with van der Waals surface area (Å²) >= 11 is 0. The molecular weight excluding hydrogens is 318 g/mol. The fourth-order valence-electron chi connectivity index (χ4n) is 5.33. The van der Waals surface area contributed by atoms with Crippen LogP contribution in [0.2, 0.25) is 0 Å². The zero-order valence-electron chi connectivity index (χ0n) is 16.8. The van der Waals surface area contributed by atoms with Gasteiger partial charge in [-0.3, -0.25) is 0 Å². The maximum absolute atomic E-state index is 2.49. The van der Waals surface area contributed by atoms with Crippen molar-refractivity contribution < 1.29 is 9.25 Å². The van der Waals surface area contributed by atoms with Crippen LogP contribution in [0.3, 0.4) is 0 Å². The molecule has 3 nitrogen and oxygen atoms in total. The van der Waals surface area contributed by atoms with Gasteiger partial charge in [0, 0.05) is 31.7 Å². The maximum Gasteiger partial charge on any atom is 0.477 e. The highest BCUT2D eigenvalue weighted by Gasteiger charge is 2.55. The van der Waals surface area contributed by atoms with E-state index in [1.165, 1.54) is 45.0 Å². The molecule has 0 saturated heterocycles. The second kappa shape index (κ2) is 4.46. The highest BCUT2D eigenvalue weighted by atomic mass is 15.5. The second-order valence-electron chi connectivity index (χ2n) is 8.93. The summed E-state index contributed by atoms with van der Waals surface area (Å²) in [5.74, 6) is 2.59. The SMILES string of the molecule is Cc1n(C)[n+](C)c2[n+]1C(C)(C)c1cc3c(cc1-2)C(C)(C)c1ccccc1-3. The Bertz CT molecular complexity index is 1110. The second-order valence-corrected chi connectivity index (χ2v) is 8.93. The minimum absolute atomic E-state index is 0.0426. The molecule has 0 fully saturated rings. The summed E-state index contributed by atoms with van der Waals surface area (Å²) in [4.78, 5) is 0. The van der Waals surface area contributed by atoms with Crippen molar-refractivity contribution in [2.24, 2.45) is 14.1 Å². The number of hydrogen-bond donors (Lipinski definition) is 0. The maximum atomic E-state index is 2.49. The number of nitrogens with zero attached hydrogens (tertiary/aromatic N) is 3. The van der Waals surface area contributed by atoms with E-state index >= 15 is 0 Å². The van der Waals surface area contributed by atoms with E-state index in [1.807, 2.05) is 0 Å². The van der Waals surface area contributed by atoms with Gasteiger partial charge < -0.3 is 0 Å². The molecule has 2 heterocycles. The lowest BCUT2D eigenvalue weighted by molar-refractivity contribution is -0.809. The third-order valence-corrected chi connectivity index (χ3v) is 6.94. The van der Waals surface area contributed by atoms with Crippen LogP contribution in [0.4, 0.5) is 0 Å². The van der Waals surface area contributed by atoms with Crippen LogP contribution in [-0.4, -0.2) is 4.68 Å². The van der Waals surface area contributed by atoms with Crippen LogP contribution in [0.1, 0.15) is 50.2 Å². The molecule has 5 rings (SSSR count). The first kappa shape index (κ1) is 15.8. The molecule has 1 aliphatic heterocycles. The molecule has 2 aromatic carbocycles. The third-order valence-electron chi connectivity index (χ3n) is 6.94. The standard InChI is InChI=1S/C23H27N3/c1-14-24(6)25(7)21-17-13-19-16(12-20(17)23(4,5)26(14)21)15-10-8-9-11-18(15)22(19,2)3/h8-13H,1-7H3/q+2. The lowest BCUT2D eigenvalue weighted by atomic mass is 9.80. The molecule has 3 aromatic rings. The van der Waals surface area contributed by atoms with Crippen molar-refractivity contribution in [1.82, 2.24) is 4.68 Å². The predicted octanol–water partition coefficient (Wildman–Crippen LogP) is 3.52. The molecule has 2 aliphatic rings. The molecule has 132 valence electrons. The molecule has 0 radical (unpaired) electrons. The first-order valence-electron chi connectivity index (χ1n) is 9.44. The molecule has 3 heteroatoms. The predicted molar refractivity (Wildman–Crippen MR) is 103 cm³/mol. The summed E-state index contributed by atoms with van der Waals surface area (Å²) < 4.78 is 7.02. The van der Waals surface area contributed by atoms with Gasteiger partial charge in [0.1, 0.15) is 5.56 Å². The van der Waals surface area contributed by atoms with Crippen molar-refractivity contribution in [3.8, 4) is 22.5 Å². The Kier molecular flexibility index (Phi) is 2.71. The van der Waals surface area contributed by atoms with E-state index in [-0.39, 0.29) is 11.0 Å². The number of benzene rings is 2. The number of hydrogen-bond acceptors (Lipinski definition) is 0. The van der Waals surface area contributed by atoms with Crippen molar-refractivity contribution in [2.75, 3.05) is 0 Å². The average molecular weight is 345 g/mol. The van der Waals surface area contributed by atoms with E-state index < -0.39 is 0 Å². The van der Waals surface area contributed by atoms with Crippen LogP contribution in [0, 0.1) is 6.92 Å². The van der Waals surface area contributed by atoms with E-state index in [0.29, 0.717) is 0 Å². The van der Waals surface area contributed by atoms with Crippen LogP contribution in [0.25, 0.3) is 22.5 Å². The van der Waals surface area contributed by atoms with Gasteiger partial charge >= 0.3 is 11.6 Å². The summed E-state index contributed by atoms with van der Waals surface area (Å²) in [7, 11) is 4.31. The van der Waals surface area contributed by atoms with Crippen molar-refractivity contribution in [3.05, 3.63) is 58.9 Å². The van der Waals surface area contributed by atoms with Crippen molar-refractivity contribution in [1.29, 1.82) is 0 Å². The molecule has 0 N–H and O–H groups in total. The smallest absolute Gasteiger partial charge is 0.109 e. The van der Waals surface area contributed by atoms with Crippen molar-refractivity contribution in [2.45, 2.75) is 45.6 Å². The van der Waals surface area contributed by atoms with Gasteiger partial charge in [0.05, 0.1) is 7.05 Å². The van der Waals surface area contributed by atoms with Crippen LogP contribution >= 0.6 is 0 Å². The van der Waals surface area contributed by atoms with E-state index in [2.05, 4.69) is 99.0 Å². The first-order valence-corrected chi connectivity index (χ1v) is 9.44. The summed E-state index contributed by atoms with van der Waals surface area (Å²) in [6.07, 6.45) is 0. The lowest BCUT2D eigenvalue weighted by Crippen LogP contribution is -2.52. The summed E-state index contributed by atoms with van der Waals surface area (Å²) in [5, 5.41) is 0. The number of rotatable bonds is 0. The summed E-state index contributed by atoms with van der Waals surface area (Å²) in [6.45, 7) is 11.6. The minimum Gasteiger partial charge on any atom is -0.109 e. The highest BCUT2D eigenvalue weighted by molar-refractivity contribution is 5.84. The Labute approximate surface area is 155 Å². The molecule has 1 aromatic heterocycles. The Hall–Kier alpha value is -2.42. The monoisotopic (exact) mass is 345 g/mol. The normalized spacial score (nSPS) is 17.7. The zero-order valence-corrected chi connectivity index (χ0v) is 16.8. The molecule has 0 atom stereocenters. The van der Waals surface area contributed by atoms with Gasteiger partial charge in [-0.2, -0.15) is 0 Å². The molecule has 0 saturated carbocycles. The molecule has 0 unspecified atom stereocenters. The highest BCUT2D eigenvalue weighted by Crippen LogP contribution is 2.52. The largest absolute Gasteiger partial charge is 0.477 e. The van der Waals surface area contributed by atoms with Crippen molar-refractivity contribution >= 4 is 0 Å². The lowest BCUT2D eigenvalue weighted by Gasteiger charge is -2.22. The number of aromatic nitrogens is 3. The quantitative estimate of drug-likeness (QED) is 0.553. The summed E-state index contributed by atoms with van der Waals surface area (Å²) in [6, 6.07) is 13.8. The average Bonchev–Trinajstić information content (AvgIpc) is 3.08. The van der Waals surface area contributed by atoms with E-state index in [9.17, 15) is 0 Å². The van der Waals surface area contributed by atoms with Crippen LogP contribution in [0.15, 0.2) is 36.4 Å². The van der Waals surface area contributed by atoms with Crippen LogP contribution < -0.4 is 9.25 Å². The number of fused-ring (bicyclic) bond motifs is 6. The van der Waals surface area contributed by atoms with Gasteiger partial charge in [-0.25, -0.2) is 0 Å². The Morgan fingerprint density at radius 2 is 1.50 bits per heavy atom. The van der Waals surface area contributed by atoms with E-state index in [0.717, 1.165) is 0 Å². The van der Waals surface area contributed by atoms with E-state index in [1.54, 1.807) is 0 Å². The molecule has 0 amide bonds. The van der Waals surface area contributed by atoms with Crippen molar-refractivity contribution in [3.63, 3.8) is 0 Å². The van der Waals surface area contributed by atoms with Crippen LogP contribution in [0.5, 0.6) is 0 Å². The van der Waals surface area contributed by atoms with Gasteiger partial charge in [-0.15, -0.1) is 4.57 Å². The Morgan fingerprint density at radius 1 is 0.846 bits per heavy atom. The van der Waals surface area contributed by atoms with Gasteiger partial charge in [0.25, 0.3) is 0 Å². The Morgan fingerprint density at radius 3 is 2.23 bits per heavy atom. The zero-order chi connectivity index (χ0) is 18.6. The third kappa shape index (κ3) is 1.56. The fourth-order valence-corrected chi connectivity index (χ4v) is 5.33. The fraction of sp³-hybridized carbons (Fsp3) is 0.391. The molecular formula is C23H27N3+2. The Balaban J connectivity index is 1.89. The van der Waals surface area contributed by atoms with Gasteiger partial charge in [-0.05, 0) is 39.1 Å². The van der Waals surface area contributed by atoms with Gasteiger partial charge in [0.15, 0.2) is 12.6 Å². The molecule has 0 spiro atoms. The van der Waals surface area contributed by atoms with Crippen LogP contribution in [-0.2, 0) is 25.0 Å². The molecule has 0 bridgehead atoms. The topological polar surface area (TPSA) is 12.7 Å². The molecule has 1 aliphatic carbocycles. The first-order chi connectivity index (χ1) is 12.2. The molecule has 26 heavy (non-hydrogen) atoms. The van der Waals surface area contributed by atoms with E-state index in [4.69, 9.17) is 0 Å². The summed E-state index contributed by atoms with van der Waals surface area (Å²) in [5.41, 5.74) is 8.49. The minimum atomic E-state index is -0.0511. The van der Waals surface area contributed by atoms with Gasteiger partial charge in [0.2, 0.25) is 0 Å².